The Labute approximate surface area is 208 Å². The molecule has 4 aromatic rings. The Hall–Kier alpha value is -4.22. The van der Waals surface area contributed by atoms with Crippen LogP contribution >= 0.6 is 0 Å². The SMILES string of the molecule is O=C(NCCCn1ccnc1)c1cc(CCc2ccc(F)cc2F)nc(-c2cncc(C(F)(F)F)c2)n1. The van der Waals surface area contributed by atoms with E-state index in [0.29, 0.717) is 31.4 Å². The lowest BCUT2D eigenvalue weighted by Crippen LogP contribution is -2.26. The first kappa shape index (κ1) is 25.9. The van der Waals surface area contributed by atoms with E-state index in [1.165, 1.54) is 18.3 Å². The molecule has 0 fully saturated rings. The number of carbonyl (C=O) groups excluding carboxylic acids is 1. The summed E-state index contributed by atoms with van der Waals surface area (Å²) >= 11 is 0. The molecule has 0 aliphatic rings. The van der Waals surface area contributed by atoms with Crippen molar-refractivity contribution in [2.24, 2.45) is 0 Å². The molecule has 1 aromatic carbocycles. The van der Waals surface area contributed by atoms with Crippen LogP contribution in [0.1, 0.15) is 33.7 Å². The van der Waals surface area contributed by atoms with E-state index in [9.17, 15) is 26.7 Å². The summed E-state index contributed by atoms with van der Waals surface area (Å²) in [4.78, 5) is 28.9. The van der Waals surface area contributed by atoms with Gasteiger partial charge in [-0.15, -0.1) is 0 Å². The molecule has 12 heteroatoms. The molecule has 0 saturated carbocycles. The molecule has 192 valence electrons. The zero-order chi connectivity index (χ0) is 26.4. The highest BCUT2D eigenvalue weighted by Crippen LogP contribution is 2.30. The Kier molecular flexibility index (Phi) is 7.85. The quantitative estimate of drug-likeness (QED) is 0.259. The van der Waals surface area contributed by atoms with Gasteiger partial charge in [0.2, 0.25) is 0 Å². The van der Waals surface area contributed by atoms with Gasteiger partial charge in [0, 0.05) is 55.2 Å². The average molecular weight is 516 g/mol. The number of imidazole rings is 1. The highest BCUT2D eigenvalue weighted by atomic mass is 19.4. The van der Waals surface area contributed by atoms with Crippen LogP contribution in [0.25, 0.3) is 11.4 Å². The van der Waals surface area contributed by atoms with Gasteiger partial charge < -0.3 is 9.88 Å². The molecule has 4 rings (SSSR count). The van der Waals surface area contributed by atoms with Crippen molar-refractivity contribution in [3.8, 4) is 11.4 Å². The van der Waals surface area contributed by atoms with Crippen molar-refractivity contribution in [3.63, 3.8) is 0 Å². The standard InChI is InChI=1S/C25H21F5N6O/c26-19-4-2-16(21(27)11-19)3-5-20-12-22(24(37)33-6-1-8-36-9-7-31-15-36)35-23(34-20)17-10-18(14-32-13-17)25(28,29)30/h2,4,7,9-15H,1,3,5-6,8H2,(H,33,37). The van der Waals surface area contributed by atoms with Gasteiger partial charge >= 0.3 is 6.18 Å². The molecule has 3 aromatic heterocycles. The van der Waals surface area contributed by atoms with Crippen molar-refractivity contribution >= 4 is 5.91 Å². The first-order valence-electron chi connectivity index (χ1n) is 11.3. The fraction of sp³-hybridized carbons (Fsp3) is 0.240. The molecule has 0 aliphatic heterocycles. The van der Waals surface area contributed by atoms with Crippen molar-refractivity contribution in [1.82, 2.24) is 29.8 Å². The number of hydrogen-bond donors (Lipinski definition) is 1. The monoisotopic (exact) mass is 516 g/mol. The number of hydrogen-bond acceptors (Lipinski definition) is 5. The summed E-state index contributed by atoms with van der Waals surface area (Å²) in [5.41, 5.74) is -0.543. The number of nitrogens with zero attached hydrogens (tertiary/aromatic N) is 5. The Balaban J connectivity index is 1.57. The number of amides is 1. The summed E-state index contributed by atoms with van der Waals surface area (Å²) in [5.74, 6) is -2.11. The van der Waals surface area contributed by atoms with E-state index in [-0.39, 0.29) is 35.5 Å². The second kappa shape index (κ2) is 11.2. The van der Waals surface area contributed by atoms with Gasteiger partial charge in [0.15, 0.2) is 5.82 Å². The van der Waals surface area contributed by atoms with E-state index in [1.54, 1.807) is 18.7 Å². The highest BCUT2D eigenvalue weighted by Gasteiger charge is 2.31. The molecule has 37 heavy (non-hydrogen) atoms. The first-order valence-corrected chi connectivity index (χ1v) is 11.3. The molecule has 0 spiro atoms. The predicted octanol–water partition coefficient (Wildman–Crippen LogP) is 4.64. The van der Waals surface area contributed by atoms with Gasteiger partial charge in [-0.3, -0.25) is 9.78 Å². The van der Waals surface area contributed by atoms with Crippen molar-refractivity contribution in [3.05, 3.63) is 95.6 Å². The van der Waals surface area contributed by atoms with Crippen LogP contribution < -0.4 is 5.32 Å². The van der Waals surface area contributed by atoms with Crippen molar-refractivity contribution in [1.29, 1.82) is 0 Å². The summed E-state index contributed by atoms with van der Waals surface area (Å²) in [6.07, 6.45) is 3.16. The smallest absolute Gasteiger partial charge is 0.351 e. The molecule has 1 amide bonds. The van der Waals surface area contributed by atoms with Gasteiger partial charge in [-0.2, -0.15) is 13.2 Å². The lowest BCUT2D eigenvalue weighted by molar-refractivity contribution is -0.137. The third-order valence-corrected chi connectivity index (χ3v) is 5.44. The Morgan fingerprint density at radius 2 is 1.84 bits per heavy atom. The molecule has 0 unspecified atom stereocenters. The minimum absolute atomic E-state index is 0.0289. The van der Waals surface area contributed by atoms with Crippen molar-refractivity contribution < 1.29 is 26.7 Å². The van der Waals surface area contributed by atoms with Crippen molar-refractivity contribution in [2.45, 2.75) is 32.0 Å². The van der Waals surface area contributed by atoms with E-state index < -0.39 is 29.3 Å². The first-order chi connectivity index (χ1) is 17.7. The van der Waals surface area contributed by atoms with Gasteiger partial charge in [-0.05, 0) is 43.0 Å². The average Bonchev–Trinajstić information content (AvgIpc) is 3.39. The Morgan fingerprint density at radius 3 is 2.57 bits per heavy atom. The third-order valence-electron chi connectivity index (χ3n) is 5.44. The third kappa shape index (κ3) is 6.93. The maximum absolute atomic E-state index is 14.1. The minimum atomic E-state index is -4.63. The summed E-state index contributed by atoms with van der Waals surface area (Å²) < 4.78 is 68.8. The summed E-state index contributed by atoms with van der Waals surface area (Å²) in [6, 6.07) is 5.44. The zero-order valence-corrected chi connectivity index (χ0v) is 19.3. The van der Waals surface area contributed by atoms with Crippen molar-refractivity contribution in [2.75, 3.05) is 6.54 Å². The van der Waals surface area contributed by atoms with Crippen LogP contribution in [0.4, 0.5) is 22.0 Å². The molecule has 0 saturated heterocycles. The van der Waals surface area contributed by atoms with Crippen LogP contribution in [0.15, 0.2) is 61.4 Å². The number of nitrogens with one attached hydrogen (secondary N) is 1. The Bertz CT molecular complexity index is 1370. The fourth-order valence-corrected chi connectivity index (χ4v) is 3.55. The molecule has 0 radical (unpaired) electrons. The molecule has 1 N–H and O–H groups in total. The number of aromatic nitrogens is 5. The molecule has 3 heterocycles. The van der Waals surface area contributed by atoms with Crippen LogP contribution in [0, 0.1) is 11.6 Å². The lowest BCUT2D eigenvalue weighted by Gasteiger charge is -2.11. The molecule has 0 bridgehead atoms. The molecule has 7 nitrogen and oxygen atoms in total. The number of rotatable bonds is 9. The van der Waals surface area contributed by atoms with E-state index >= 15 is 0 Å². The normalized spacial score (nSPS) is 11.5. The maximum atomic E-state index is 14.1. The van der Waals surface area contributed by atoms with Gasteiger partial charge in [0.05, 0.1) is 11.9 Å². The zero-order valence-electron chi connectivity index (χ0n) is 19.3. The number of carbonyl (C=O) groups is 1. The number of benzene rings is 1. The van der Waals surface area contributed by atoms with Crippen LogP contribution in [0.2, 0.25) is 0 Å². The summed E-state index contributed by atoms with van der Waals surface area (Å²) in [5, 5.41) is 2.73. The van der Waals surface area contributed by atoms with Gasteiger partial charge in [-0.1, -0.05) is 6.07 Å². The second-order valence-corrected chi connectivity index (χ2v) is 8.17. The van der Waals surface area contributed by atoms with Gasteiger partial charge in [0.1, 0.15) is 17.3 Å². The number of aryl methyl sites for hydroxylation is 3. The summed E-state index contributed by atoms with van der Waals surface area (Å²) in [7, 11) is 0. The second-order valence-electron chi connectivity index (χ2n) is 8.17. The van der Waals surface area contributed by atoms with E-state index in [4.69, 9.17) is 0 Å². The molecule has 0 atom stereocenters. The van der Waals surface area contributed by atoms with Crippen LogP contribution in [-0.4, -0.2) is 37.0 Å². The van der Waals surface area contributed by atoms with Crippen LogP contribution in [0.5, 0.6) is 0 Å². The predicted molar refractivity (Wildman–Crippen MR) is 123 cm³/mol. The van der Waals surface area contributed by atoms with Gasteiger partial charge in [0.25, 0.3) is 5.91 Å². The van der Waals surface area contributed by atoms with E-state index in [1.807, 2.05) is 4.57 Å². The molecular formula is C25H21F5N6O. The maximum Gasteiger partial charge on any atom is 0.417 e. The largest absolute Gasteiger partial charge is 0.417 e. The Morgan fingerprint density at radius 1 is 1.00 bits per heavy atom. The molecule has 0 aliphatic carbocycles. The summed E-state index contributed by atoms with van der Waals surface area (Å²) in [6.45, 7) is 0.942. The van der Waals surface area contributed by atoms with Crippen LogP contribution in [-0.2, 0) is 25.6 Å². The fourth-order valence-electron chi connectivity index (χ4n) is 3.55. The van der Waals surface area contributed by atoms with E-state index in [2.05, 4.69) is 25.3 Å². The topological polar surface area (TPSA) is 85.6 Å². The minimum Gasteiger partial charge on any atom is -0.351 e. The lowest BCUT2D eigenvalue weighted by atomic mass is 10.1. The van der Waals surface area contributed by atoms with E-state index in [0.717, 1.165) is 18.2 Å². The van der Waals surface area contributed by atoms with Gasteiger partial charge in [-0.25, -0.2) is 23.7 Å². The number of alkyl halides is 3. The number of pyridine rings is 1. The van der Waals surface area contributed by atoms with Crippen LogP contribution in [0.3, 0.4) is 0 Å². The number of halogens is 5. The highest BCUT2D eigenvalue weighted by molar-refractivity contribution is 5.92. The molecular weight excluding hydrogens is 495 g/mol.